The molecular weight excluding hydrogens is 443 g/mol. The molecule has 32 heavy (non-hydrogen) atoms. The molecule has 7 N–H and O–H groups in total. The molecule has 0 bridgehead atoms. The first kappa shape index (κ1) is 24.9. The van der Waals surface area contributed by atoms with Gasteiger partial charge in [-0.15, -0.1) is 0 Å². The van der Waals surface area contributed by atoms with Crippen molar-refractivity contribution in [1.82, 2.24) is 19.5 Å². The van der Waals surface area contributed by atoms with Crippen LogP contribution in [-0.4, -0.2) is 71.5 Å². The molecule has 0 aromatic carbocycles. The lowest BCUT2D eigenvalue weighted by Gasteiger charge is -2.22. The molecule has 3 heterocycles. The second-order valence-corrected chi connectivity index (χ2v) is 10.1. The topological polar surface area (TPSA) is 201 Å². The number of aromatic nitrogens is 4. The van der Waals surface area contributed by atoms with E-state index in [4.69, 9.17) is 25.0 Å². The standard InChI is InChI=1S/C18H31N6O7P/c1-10(5-4-6-18(2,3)27)31-32(20,28)29-7-11-13(25)14(26)17(30-11)24-9-23-12-15(19)21-8-22-16(12)24/h8-11,13-14,17,25-27H,4-7H2,1-3H3,(H2,20,28)(H2,19,21,22)/t10?,11-,13-,14-,17-,32?/m1/s1. The van der Waals surface area contributed by atoms with Crippen LogP contribution in [0.15, 0.2) is 12.7 Å². The maximum absolute atomic E-state index is 12.5. The molecule has 6 atom stereocenters. The first-order valence-electron chi connectivity index (χ1n) is 10.3. The van der Waals surface area contributed by atoms with Crippen LogP contribution in [0.25, 0.3) is 11.2 Å². The van der Waals surface area contributed by atoms with Gasteiger partial charge in [-0.2, -0.15) is 0 Å². The molecule has 2 aromatic rings. The minimum atomic E-state index is -3.95. The van der Waals surface area contributed by atoms with Crippen LogP contribution >= 0.6 is 7.75 Å². The predicted octanol–water partition coefficient (Wildman–Crippen LogP) is 0.457. The molecule has 0 saturated carbocycles. The summed E-state index contributed by atoms with van der Waals surface area (Å²) in [4.78, 5) is 12.1. The van der Waals surface area contributed by atoms with Crippen molar-refractivity contribution in [2.45, 2.75) is 76.3 Å². The van der Waals surface area contributed by atoms with E-state index >= 15 is 0 Å². The van der Waals surface area contributed by atoms with Crippen LogP contribution in [0.4, 0.5) is 5.82 Å². The maximum atomic E-state index is 12.5. The van der Waals surface area contributed by atoms with Crippen molar-refractivity contribution >= 4 is 24.7 Å². The van der Waals surface area contributed by atoms with Gasteiger partial charge in [0.15, 0.2) is 17.7 Å². The van der Waals surface area contributed by atoms with E-state index in [0.717, 1.165) is 0 Å². The van der Waals surface area contributed by atoms with Gasteiger partial charge in [0.05, 0.1) is 24.6 Å². The number of hydrogen-bond donors (Lipinski definition) is 5. The SMILES string of the molecule is CC(CCCC(C)(C)O)OP(N)(=O)OC[C@H]1O[C@@H](n2cnc3c(N)ncnc32)[C@H](O)[C@@H]1O. The first-order valence-corrected chi connectivity index (χ1v) is 11.9. The second kappa shape index (κ2) is 9.65. The normalized spacial score (nSPS) is 27.0. The number of ether oxygens (including phenoxy) is 1. The highest BCUT2D eigenvalue weighted by molar-refractivity contribution is 7.51. The molecular formula is C18H31N6O7P. The average Bonchev–Trinajstić information content (AvgIpc) is 3.22. The summed E-state index contributed by atoms with van der Waals surface area (Å²) in [6, 6.07) is 0. The van der Waals surface area contributed by atoms with E-state index in [1.807, 2.05) is 0 Å². The average molecular weight is 474 g/mol. The third kappa shape index (κ3) is 6.00. The quantitative estimate of drug-likeness (QED) is 0.298. The summed E-state index contributed by atoms with van der Waals surface area (Å²) < 4.78 is 30.2. The maximum Gasteiger partial charge on any atom is 0.403 e. The highest BCUT2D eigenvalue weighted by atomic mass is 31.2. The molecule has 1 fully saturated rings. The fraction of sp³-hybridized carbons (Fsp3) is 0.722. The van der Waals surface area contributed by atoms with E-state index in [2.05, 4.69) is 15.0 Å². The summed E-state index contributed by atoms with van der Waals surface area (Å²) in [5, 5.41) is 30.6. The summed E-state index contributed by atoms with van der Waals surface area (Å²) in [5.74, 6) is 0.166. The van der Waals surface area contributed by atoms with Crippen molar-refractivity contribution < 1.29 is 33.7 Å². The first-order chi connectivity index (χ1) is 14.9. The summed E-state index contributed by atoms with van der Waals surface area (Å²) in [5.41, 5.74) is 11.3. The number of nitrogen functional groups attached to an aromatic ring is 1. The molecule has 1 aliphatic rings. The fourth-order valence-electron chi connectivity index (χ4n) is 3.49. The molecule has 14 heteroatoms. The van der Waals surface area contributed by atoms with Gasteiger partial charge in [0, 0.05) is 0 Å². The third-order valence-electron chi connectivity index (χ3n) is 5.14. The van der Waals surface area contributed by atoms with Crippen molar-refractivity contribution in [2.75, 3.05) is 12.3 Å². The zero-order valence-electron chi connectivity index (χ0n) is 18.2. The van der Waals surface area contributed by atoms with E-state index in [-0.39, 0.29) is 12.4 Å². The number of fused-ring (bicyclic) bond motifs is 1. The van der Waals surface area contributed by atoms with Crippen LogP contribution in [0.3, 0.4) is 0 Å². The zero-order valence-corrected chi connectivity index (χ0v) is 19.1. The molecule has 3 rings (SSSR count). The molecule has 13 nitrogen and oxygen atoms in total. The second-order valence-electron chi connectivity index (χ2n) is 8.59. The lowest BCUT2D eigenvalue weighted by atomic mass is 10.0. The van der Waals surface area contributed by atoms with Gasteiger partial charge >= 0.3 is 7.75 Å². The number of hydrogen-bond acceptors (Lipinski definition) is 11. The Morgan fingerprint density at radius 3 is 2.72 bits per heavy atom. The van der Waals surface area contributed by atoms with Gasteiger partial charge in [-0.05, 0) is 40.0 Å². The molecule has 2 unspecified atom stereocenters. The minimum Gasteiger partial charge on any atom is -0.390 e. The molecule has 0 radical (unpaired) electrons. The van der Waals surface area contributed by atoms with E-state index in [1.54, 1.807) is 20.8 Å². The Morgan fingerprint density at radius 1 is 1.31 bits per heavy atom. The van der Waals surface area contributed by atoms with Crippen LogP contribution in [0.5, 0.6) is 0 Å². The lowest BCUT2D eigenvalue weighted by molar-refractivity contribution is -0.0497. The number of imidazole rings is 1. The van der Waals surface area contributed by atoms with Crippen LogP contribution in [0, 0.1) is 0 Å². The molecule has 180 valence electrons. The monoisotopic (exact) mass is 474 g/mol. The highest BCUT2D eigenvalue weighted by Crippen LogP contribution is 2.43. The molecule has 2 aromatic heterocycles. The number of rotatable bonds is 10. The lowest BCUT2D eigenvalue weighted by Crippen LogP contribution is -2.34. The predicted molar refractivity (Wildman–Crippen MR) is 114 cm³/mol. The van der Waals surface area contributed by atoms with Gasteiger partial charge < -0.3 is 25.8 Å². The van der Waals surface area contributed by atoms with Gasteiger partial charge in [-0.3, -0.25) is 13.6 Å². The minimum absolute atomic E-state index is 0.166. The Hall–Kier alpha value is -1.70. The van der Waals surface area contributed by atoms with Gasteiger partial charge in [-0.25, -0.2) is 25.0 Å². The van der Waals surface area contributed by atoms with E-state index in [1.165, 1.54) is 17.2 Å². The Bertz CT molecular complexity index is 967. The van der Waals surface area contributed by atoms with Crippen LogP contribution in [-0.2, 0) is 18.3 Å². The van der Waals surface area contributed by atoms with Crippen LogP contribution in [0.2, 0.25) is 0 Å². The molecule has 1 aliphatic heterocycles. The van der Waals surface area contributed by atoms with E-state index in [0.29, 0.717) is 30.4 Å². The number of nitrogens with zero attached hydrogens (tertiary/aromatic N) is 4. The van der Waals surface area contributed by atoms with Crippen LogP contribution in [0.1, 0.15) is 46.3 Å². The van der Waals surface area contributed by atoms with Crippen molar-refractivity contribution in [3.8, 4) is 0 Å². The van der Waals surface area contributed by atoms with Crippen molar-refractivity contribution in [1.29, 1.82) is 0 Å². The largest absolute Gasteiger partial charge is 0.403 e. The Labute approximate surface area is 185 Å². The van der Waals surface area contributed by atoms with Crippen molar-refractivity contribution in [3.05, 3.63) is 12.7 Å². The number of anilines is 1. The Balaban J connectivity index is 1.57. The van der Waals surface area contributed by atoms with E-state index < -0.39 is 44.0 Å². The Kier molecular flexibility index (Phi) is 7.52. The molecule has 1 saturated heterocycles. The van der Waals surface area contributed by atoms with Gasteiger partial charge in [0.1, 0.15) is 30.2 Å². The number of aliphatic hydroxyl groups excluding tert-OH is 2. The summed E-state index contributed by atoms with van der Waals surface area (Å²) >= 11 is 0. The molecule has 0 aliphatic carbocycles. The van der Waals surface area contributed by atoms with Crippen LogP contribution < -0.4 is 11.2 Å². The number of nitrogens with two attached hydrogens (primary N) is 2. The zero-order chi connectivity index (χ0) is 23.7. The van der Waals surface area contributed by atoms with Gasteiger partial charge in [0.25, 0.3) is 0 Å². The van der Waals surface area contributed by atoms with Crippen molar-refractivity contribution in [3.63, 3.8) is 0 Å². The summed E-state index contributed by atoms with van der Waals surface area (Å²) in [6.45, 7) is 4.74. The summed E-state index contributed by atoms with van der Waals surface area (Å²) in [7, 11) is -3.95. The Morgan fingerprint density at radius 2 is 2.03 bits per heavy atom. The third-order valence-corrected chi connectivity index (χ3v) is 6.31. The number of aliphatic hydroxyl groups is 3. The van der Waals surface area contributed by atoms with E-state index in [9.17, 15) is 19.9 Å². The smallest absolute Gasteiger partial charge is 0.390 e. The van der Waals surface area contributed by atoms with Crippen molar-refractivity contribution in [2.24, 2.45) is 5.50 Å². The summed E-state index contributed by atoms with van der Waals surface area (Å²) in [6.07, 6.45) is -0.871. The van der Waals surface area contributed by atoms with Gasteiger partial charge in [0.2, 0.25) is 0 Å². The highest BCUT2D eigenvalue weighted by Gasteiger charge is 2.45. The fourth-order valence-corrected chi connectivity index (χ4v) is 4.51. The molecule has 0 spiro atoms. The van der Waals surface area contributed by atoms with Gasteiger partial charge in [-0.1, -0.05) is 0 Å². The molecule has 0 amide bonds.